The molecule has 20 heteroatoms. The van der Waals surface area contributed by atoms with Crippen LogP contribution in [0, 0.1) is 0 Å². The number of hydrogen-bond donors (Lipinski definition) is 7. The monoisotopic (exact) mass is 554 g/mol. The molecule has 1 fully saturated rings. The van der Waals surface area contributed by atoms with Gasteiger partial charge >= 0.3 is 23.5 Å². The van der Waals surface area contributed by atoms with Crippen LogP contribution in [0.4, 0.5) is 4.39 Å². The second kappa shape index (κ2) is 9.99. The molecule has 0 bridgehead atoms. The first kappa shape index (κ1) is 28.9. The van der Waals surface area contributed by atoms with Gasteiger partial charge in [-0.15, -0.1) is 6.58 Å². The zero-order valence-corrected chi connectivity index (χ0v) is 19.7. The van der Waals surface area contributed by atoms with E-state index in [0.717, 1.165) is 23.3 Å². The molecule has 0 saturated carbocycles. The summed E-state index contributed by atoms with van der Waals surface area (Å²) in [5.41, 5.74) is -4.95. The van der Waals surface area contributed by atoms with Gasteiger partial charge in [-0.2, -0.15) is 8.62 Å². The summed E-state index contributed by atoms with van der Waals surface area (Å²) in [6.45, 7) is 3.92. The zero-order chi connectivity index (χ0) is 26.2. The van der Waals surface area contributed by atoms with Crippen LogP contribution in [0.15, 0.2) is 37.3 Å². The second-order valence-corrected chi connectivity index (χ2v) is 11.5. The summed E-state index contributed by atoms with van der Waals surface area (Å²) >= 11 is 0. The standard InChI is InChI=1S/C14H22FN2O14P3/c1-3-5-14(20)11(19)13(7-15,29-12(14)17-6-4-10(18)16-9(17)2)8-28-33(24,25)31-34(26,27)30-32(21,22)23/h3-4,6,11-12,19-20H,1-2,5,7-8H2,(H,16,18)(H,24,25)(H,26,27)(H2,21,22,23)/t11-,12-,13-,14-/m1/s1. The number of aliphatic hydroxyl groups is 2. The maximum atomic E-state index is 14.1. The van der Waals surface area contributed by atoms with Gasteiger partial charge in [0, 0.05) is 18.7 Å². The van der Waals surface area contributed by atoms with Crippen LogP contribution in [0.3, 0.4) is 0 Å². The van der Waals surface area contributed by atoms with E-state index in [2.05, 4.69) is 31.6 Å². The molecule has 0 radical (unpaired) electrons. The number of rotatable bonds is 11. The quantitative estimate of drug-likeness (QED) is 0.126. The van der Waals surface area contributed by atoms with Crippen LogP contribution in [-0.4, -0.2) is 77.4 Å². The van der Waals surface area contributed by atoms with Crippen molar-refractivity contribution in [1.82, 2.24) is 10.2 Å². The molecule has 0 aromatic rings. The van der Waals surface area contributed by atoms with E-state index in [-0.39, 0.29) is 5.82 Å². The van der Waals surface area contributed by atoms with Crippen molar-refractivity contribution in [3.05, 3.63) is 37.3 Å². The third-order valence-corrected chi connectivity index (χ3v) is 8.33. The highest BCUT2D eigenvalue weighted by molar-refractivity contribution is 7.66. The molecule has 16 nitrogen and oxygen atoms in total. The average Bonchev–Trinajstić information content (AvgIpc) is 2.86. The van der Waals surface area contributed by atoms with Gasteiger partial charge in [0.2, 0.25) is 0 Å². The van der Waals surface area contributed by atoms with Crippen molar-refractivity contribution in [3.63, 3.8) is 0 Å². The molecule has 0 aromatic heterocycles. The van der Waals surface area contributed by atoms with E-state index in [1.807, 2.05) is 0 Å². The van der Waals surface area contributed by atoms with Crippen LogP contribution >= 0.6 is 23.5 Å². The van der Waals surface area contributed by atoms with E-state index in [0.29, 0.717) is 0 Å². The van der Waals surface area contributed by atoms with E-state index in [1.165, 1.54) is 0 Å². The summed E-state index contributed by atoms with van der Waals surface area (Å²) in [5, 5.41) is 24.2. The number of ether oxygens (including phenoxy) is 1. The van der Waals surface area contributed by atoms with E-state index in [4.69, 9.17) is 14.5 Å². The molecule has 0 aliphatic carbocycles. The molecular formula is C14H22FN2O14P3. The second-order valence-electron chi connectivity index (χ2n) is 7.08. The van der Waals surface area contributed by atoms with Gasteiger partial charge in [0.1, 0.15) is 24.2 Å². The van der Waals surface area contributed by atoms with Gasteiger partial charge < -0.3 is 44.7 Å². The van der Waals surface area contributed by atoms with E-state index < -0.39 is 72.6 Å². The van der Waals surface area contributed by atoms with E-state index >= 15 is 0 Å². The fourth-order valence-electron chi connectivity index (χ4n) is 3.18. The average molecular weight is 554 g/mol. The molecule has 2 heterocycles. The minimum absolute atomic E-state index is 0.144. The van der Waals surface area contributed by atoms with Crippen molar-refractivity contribution in [1.29, 1.82) is 0 Å². The number of phosphoric acid groups is 3. The fourth-order valence-corrected chi connectivity index (χ4v) is 6.25. The number of carbonyl (C=O) groups is 1. The number of hydrogen-bond acceptors (Lipinski definition) is 11. The number of amides is 1. The Morgan fingerprint density at radius 1 is 1.24 bits per heavy atom. The Morgan fingerprint density at radius 2 is 1.85 bits per heavy atom. The number of nitrogens with one attached hydrogen (secondary N) is 1. The van der Waals surface area contributed by atoms with Gasteiger partial charge in [-0.3, -0.25) is 9.32 Å². The number of carbonyl (C=O) groups excluding carboxylic acids is 1. The van der Waals surface area contributed by atoms with Crippen molar-refractivity contribution in [2.75, 3.05) is 13.3 Å². The SMILES string of the molecule is C=CC[C@@]1(O)[C@H](O)[C@@](CF)(COP(=O)(O)OP(=O)(O)OP(=O)(O)O)O[C@H]1N1C=CC(=O)NC1=C. The first-order chi connectivity index (χ1) is 15.4. The molecular weight excluding hydrogens is 532 g/mol. The lowest BCUT2D eigenvalue weighted by Crippen LogP contribution is -2.57. The maximum absolute atomic E-state index is 14.1. The first-order valence-corrected chi connectivity index (χ1v) is 13.4. The van der Waals surface area contributed by atoms with Crippen LogP contribution in [0.1, 0.15) is 6.42 Å². The zero-order valence-electron chi connectivity index (χ0n) is 17.0. The highest BCUT2D eigenvalue weighted by atomic mass is 31.3. The third-order valence-electron chi connectivity index (χ3n) is 4.55. The largest absolute Gasteiger partial charge is 0.490 e. The Morgan fingerprint density at radius 3 is 2.35 bits per heavy atom. The number of halogens is 1. The van der Waals surface area contributed by atoms with Gasteiger partial charge in [-0.05, 0) is 0 Å². The van der Waals surface area contributed by atoms with Crippen molar-refractivity contribution in [2.24, 2.45) is 0 Å². The highest BCUT2D eigenvalue weighted by Gasteiger charge is 2.65. The van der Waals surface area contributed by atoms with Gasteiger partial charge in [0.15, 0.2) is 11.8 Å². The Bertz CT molecular complexity index is 1020. The smallest absolute Gasteiger partial charge is 0.387 e. The van der Waals surface area contributed by atoms with Gasteiger partial charge in [-0.25, -0.2) is 18.1 Å². The summed E-state index contributed by atoms with van der Waals surface area (Å²) in [5.74, 6) is -0.730. The minimum atomic E-state index is -5.86. The molecule has 2 unspecified atom stereocenters. The van der Waals surface area contributed by atoms with Crippen molar-refractivity contribution in [2.45, 2.75) is 30.0 Å². The van der Waals surface area contributed by atoms with Gasteiger partial charge in [-0.1, -0.05) is 12.7 Å². The normalized spacial score (nSPS) is 33.3. The first-order valence-electron chi connectivity index (χ1n) is 8.90. The molecule has 2 aliphatic rings. The lowest BCUT2D eigenvalue weighted by Gasteiger charge is -2.38. The predicted octanol–water partition coefficient (Wildman–Crippen LogP) is -0.521. The summed E-state index contributed by atoms with van der Waals surface area (Å²) < 4.78 is 65.3. The lowest BCUT2D eigenvalue weighted by molar-refractivity contribution is -0.148. The third kappa shape index (κ3) is 6.47. The van der Waals surface area contributed by atoms with Crippen LogP contribution in [0.25, 0.3) is 0 Å². The van der Waals surface area contributed by atoms with Crippen molar-refractivity contribution in [3.8, 4) is 0 Å². The number of aliphatic hydroxyl groups excluding tert-OH is 1. The lowest BCUT2D eigenvalue weighted by atomic mass is 9.84. The highest BCUT2D eigenvalue weighted by Crippen LogP contribution is 2.66. The molecule has 0 spiro atoms. The van der Waals surface area contributed by atoms with Crippen LogP contribution < -0.4 is 5.32 Å². The minimum Gasteiger partial charge on any atom is -0.387 e. The van der Waals surface area contributed by atoms with Gasteiger partial charge in [0.05, 0.1) is 6.61 Å². The molecule has 194 valence electrons. The molecule has 2 rings (SSSR count). The Balaban J connectivity index is 2.31. The summed E-state index contributed by atoms with van der Waals surface area (Å²) in [6.07, 6.45) is -1.04. The predicted molar refractivity (Wildman–Crippen MR) is 107 cm³/mol. The fraction of sp³-hybridized carbons (Fsp3) is 0.500. The number of alkyl halides is 1. The number of nitrogens with zero attached hydrogens (tertiary/aromatic N) is 1. The summed E-state index contributed by atoms with van der Waals surface area (Å²) in [7, 11) is -17.2. The molecule has 1 saturated heterocycles. The number of phosphoric ester groups is 1. The Kier molecular flexibility index (Phi) is 8.51. The topological polar surface area (TPSA) is 242 Å². The Labute approximate surface area is 191 Å². The maximum Gasteiger partial charge on any atom is 0.490 e. The molecule has 1 amide bonds. The van der Waals surface area contributed by atoms with Crippen LogP contribution in [-0.2, 0) is 36.4 Å². The van der Waals surface area contributed by atoms with E-state index in [1.54, 1.807) is 0 Å². The molecule has 34 heavy (non-hydrogen) atoms. The van der Waals surface area contributed by atoms with Crippen LogP contribution in [0.5, 0.6) is 0 Å². The van der Waals surface area contributed by atoms with Crippen LogP contribution in [0.2, 0.25) is 0 Å². The van der Waals surface area contributed by atoms with Gasteiger partial charge in [0.25, 0.3) is 5.91 Å². The summed E-state index contributed by atoms with van der Waals surface area (Å²) in [6, 6.07) is 0. The van der Waals surface area contributed by atoms with E-state index in [9.17, 15) is 42.9 Å². The summed E-state index contributed by atoms with van der Waals surface area (Å²) in [4.78, 5) is 48.4. The van der Waals surface area contributed by atoms with Crippen molar-refractivity contribution < 1.29 is 70.5 Å². The Hall–Kier alpha value is -1.29. The molecule has 6 atom stereocenters. The molecule has 0 aromatic carbocycles. The molecule has 2 aliphatic heterocycles. The molecule has 7 N–H and O–H groups in total. The van der Waals surface area contributed by atoms with Crippen molar-refractivity contribution >= 4 is 29.4 Å².